The van der Waals surface area contributed by atoms with Crippen molar-refractivity contribution in [1.82, 2.24) is 19.9 Å². The zero-order chi connectivity index (χ0) is 17.4. The highest BCUT2D eigenvalue weighted by Crippen LogP contribution is 2.42. The van der Waals surface area contributed by atoms with Gasteiger partial charge in [-0.05, 0) is 31.7 Å². The Morgan fingerprint density at radius 3 is 2.92 bits per heavy atom. The second-order valence-electron chi connectivity index (χ2n) is 6.60. The van der Waals surface area contributed by atoms with E-state index in [2.05, 4.69) is 15.0 Å². The van der Waals surface area contributed by atoms with Gasteiger partial charge in [0.15, 0.2) is 5.69 Å². The second-order valence-corrected chi connectivity index (χ2v) is 6.60. The summed E-state index contributed by atoms with van der Waals surface area (Å²) in [6.45, 7) is 1.25. The largest absolute Gasteiger partial charge is 0.468 e. The van der Waals surface area contributed by atoms with Gasteiger partial charge in [-0.1, -0.05) is 5.21 Å². The number of likely N-dealkylation sites (tertiary alicyclic amines) is 1. The van der Waals surface area contributed by atoms with Gasteiger partial charge in [0.1, 0.15) is 5.76 Å². The average Bonchev–Trinajstić information content (AvgIpc) is 3.18. The van der Waals surface area contributed by atoms with Crippen molar-refractivity contribution in [3.05, 3.63) is 35.5 Å². The molecule has 1 amide bonds. The van der Waals surface area contributed by atoms with Crippen LogP contribution in [-0.4, -0.2) is 52.0 Å². The lowest BCUT2D eigenvalue weighted by atomic mass is 10.0. The fourth-order valence-electron chi connectivity index (χ4n) is 3.34. The van der Waals surface area contributed by atoms with E-state index < -0.39 is 5.97 Å². The van der Waals surface area contributed by atoms with Crippen LogP contribution in [0.25, 0.3) is 0 Å². The van der Waals surface area contributed by atoms with Crippen molar-refractivity contribution in [1.29, 1.82) is 0 Å². The van der Waals surface area contributed by atoms with E-state index in [1.807, 2.05) is 4.90 Å². The number of ether oxygens (including phenoxy) is 1. The normalized spacial score (nSPS) is 20.5. The van der Waals surface area contributed by atoms with E-state index in [0.717, 1.165) is 31.4 Å². The molecule has 1 saturated heterocycles. The van der Waals surface area contributed by atoms with Crippen LogP contribution in [0.3, 0.4) is 0 Å². The molecule has 2 aliphatic rings. The standard InChI is InChI=1S/C17H20N4O4/c1-24-17(23)14-10-21(19-18-14)12-3-2-7-20(9-12)16(22)13-6-8-25-15(13)11-4-5-11/h6,8,10-12H,2-5,7,9H2,1H3/t12-/m0/s1. The first-order chi connectivity index (χ1) is 12.2. The Balaban J connectivity index is 1.49. The van der Waals surface area contributed by atoms with Crippen LogP contribution in [0.5, 0.6) is 0 Å². The van der Waals surface area contributed by atoms with E-state index in [4.69, 9.17) is 4.42 Å². The summed E-state index contributed by atoms with van der Waals surface area (Å²) in [5, 5.41) is 7.88. The average molecular weight is 344 g/mol. The Morgan fingerprint density at radius 1 is 1.32 bits per heavy atom. The number of aromatic nitrogens is 3. The highest BCUT2D eigenvalue weighted by Gasteiger charge is 2.34. The lowest BCUT2D eigenvalue weighted by Gasteiger charge is -2.32. The van der Waals surface area contributed by atoms with E-state index in [1.54, 1.807) is 23.2 Å². The summed E-state index contributed by atoms with van der Waals surface area (Å²) in [7, 11) is 1.31. The number of rotatable bonds is 4. The van der Waals surface area contributed by atoms with Crippen LogP contribution in [0.4, 0.5) is 0 Å². The number of piperidine rings is 1. The quantitative estimate of drug-likeness (QED) is 0.788. The van der Waals surface area contributed by atoms with Crippen LogP contribution in [0.15, 0.2) is 22.9 Å². The molecule has 0 bridgehead atoms. The van der Waals surface area contributed by atoms with E-state index in [9.17, 15) is 9.59 Å². The number of carbonyl (C=O) groups is 2. The summed E-state index contributed by atoms with van der Waals surface area (Å²) in [6, 6.07) is 1.77. The van der Waals surface area contributed by atoms with Gasteiger partial charge in [0.05, 0.1) is 31.2 Å². The van der Waals surface area contributed by atoms with E-state index in [0.29, 0.717) is 24.6 Å². The number of methoxy groups -OCH3 is 1. The molecule has 2 aromatic rings. The molecule has 1 atom stereocenters. The molecule has 0 N–H and O–H groups in total. The number of amides is 1. The molecule has 0 aromatic carbocycles. The van der Waals surface area contributed by atoms with Crippen molar-refractivity contribution in [2.24, 2.45) is 0 Å². The van der Waals surface area contributed by atoms with Crippen LogP contribution in [0.2, 0.25) is 0 Å². The SMILES string of the molecule is COC(=O)c1cn([C@H]2CCCN(C(=O)c3ccoc3C3CC3)C2)nn1. The summed E-state index contributed by atoms with van der Waals surface area (Å²) >= 11 is 0. The van der Waals surface area contributed by atoms with E-state index in [1.165, 1.54) is 7.11 Å². The topological polar surface area (TPSA) is 90.5 Å². The van der Waals surface area contributed by atoms with E-state index >= 15 is 0 Å². The third-order valence-corrected chi connectivity index (χ3v) is 4.84. The summed E-state index contributed by atoms with van der Waals surface area (Å²) in [6.07, 6.45) is 7.12. The van der Waals surface area contributed by atoms with Gasteiger partial charge in [0.25, 0.3) is 5.91 Å². The van der Waals surface area contributed by atoms with Gasteiger partial charge in [-0.3, -0.25) is 4.79 Å². The molecule has 0 unspecified atom stereocenters. The summed E-state index contributed by atoms with van der Waals surface area (Å²) in [5.41, 5.74) is 0.855. The number of esters is 1. The van der Waals surface area contributed by atoms with Gasteiger partial charge >= 0.3 is 5.97 Å². The molecular weight excluding hydrogens is 324 g/mol. The van der Waals surface area contributed by atoms with Gasteiger partial charge in [0, 0.05) is 19.0 Å². The Morgan fingerprint density at radius 2 is 2.16 bits per heavy atom. The minimum absolute atomic E-state index is 0.000109. The predicted octanol–water partition coefficient (Wildman–Crippen LogP) is 2.01. The minimum Gasteiger partial charge on any atom is -0.468 e. The number of carbonyl (C=O) groups excluding carboxylic acids is 2. The third kappa shape index (κ3) is 3.04. The molecule has 2 aromatic heterocycles. The molecule has 0 spiro atoms. The number of nitrogens with zero attached hydrogens (tertiary/aromatic N) is 4. The van der Waals surface area contributed by atoms with Gasteiger partial charge in [-0.2, -0.15) is 0 Å². The Kier molecular flexibility index (Phi) is 4.03. The van der Waals surface area contributed by atoms with Crippen LogP contribution < -0.4 is 0 Å². The fourth-order valence-corrected chi connectivity index (χ4v) is 3.34. The zero-order valence-corrected chi connectivity index (χ0v) is 14.1. The Labute approximate surface area is 144 Å². The maximum atomic E-state index is 12.9. The second kappa shape index (κ2) is 6.34. The number of hydrogen-bond acceptors (Lipinski definition) is 6. The van der Waals surface area contributed by atoms with Crippen molar-refractivity contribution in [2.45, 2.75) is 37.6 Å². The molecule has 0 radical (unpaired) electrons. The highest BCUT2D eigenvalue weighted by molar-refractivity contribution is 5.95. The first kappa shape index (κ1) is 15.9. The Hall–Kier alpha value is -2.64. The van der Waals surface area contributed by atoms with Crippen LogP contribution >= 0.6 is 0 Å². The van der Waals surface area contributed by atoms with Gasteiger partial charge < -0.3 is 14.1 Å². The number of furan rings is 1. The van der Waals surface area contributed by atoms with Crippen LogP contribution in [0, 0.1) is 0 Å². The maximum Gasteiger partial charge on any atom is 0.360 e. The molecule has 25 heavy (non-hydrogen) atoms. The summed E-state index contributed by atoms with van der Waals surface area (Å²) < 4.78 is 11.8. The van der Waals surface area contributed by atoms with Crippen LogP contribution in [0.1, 0.15) is 64.2 Å². The first-order valence-corrected chi connectivity index (χ1v) is 8.54. The van der Waals surface area contributed by atoms with Gasteiger partial charge in [-0.15, -0.1) is 5.10 Å². The van der Waals surface area contributed by atoms with E-state index in [-0.39, 0.29) is 17.6 Å². The smallest absolute Gasteiger partial charge is 0.360 e. The van der Waals surface area contributed by atoms with Crippen LogP contribution in [-0.2, 0) is 4.74 Å². The van der Waals surface area contributed by atoms with Crippen molar-refractivity contribution in [3.63, 3.8) is 0 Å². The molecule has 3 heterocycles. The predicted molar refractivity (Wildman–Crippen MR) is 86.2 cm³/mol. The molecular formula is C17H20N4O4. The first-order valence-electron chi connectivity index (χ1n) is 8.54. The molecule has 2 fully saturated rings. The summed E-state index contributed by atoms with van der Waals surface area (Å²) in [4.78, 5) is 26.3. The molecule has 4 rings (SSSR count). The molecule has 1 saturated carbocycles. The highest BCUT2D eigenvalue weighted by atomic mass is 16.5. The lowest BCUT2D eigenvalue weighted by Crippen LogP contribution is -2.41. The van der Waals surface area contributed by atoms with Gasteiger partial charge in [0.2, 0.25) is 0 Å². The van der Waals surface area contributed by atoms with Gasteiger partial charge in [-0.25, -0.2) is 9.48 Å². The third-order valence-electron chi connectivity index (χ3n) is 4.84. The Bertz CT molecular complexity index is 792. The molecule has 8 heteroatoms. The monoisotopic (exact) mass is 344 g/mol. The van der Waals surface area contributed by atoms with Crippen molar-refractivity contribution in [3.8, 4) is 0 Å². The zero-order valence-electron chi connectivity index (χ0n) is 14.1. The fraction of sp³-hybridized carbons (Fsp3) is 0.529. The molecule has 132 valence electrons. The molecule has 1 aliphatic carbocycles. The van der Waals surface area contributed by atoms with Crippen molar-refractivity contribution < 1.29 is 18.7 Å². The maximum absolute atomic E-state index is 12.9. The van der Waals surface area contributed by atoms with Crippen molar-refractivity contribution in [2.75, 3.05) is 20.2 Å². The summed E-state index contributed by atoms with van der Waals surface area (Å²) in [5.74, 6) is 0.712. The molecule has 1 aliphatic heterocycles. The lowest BCUT2D eigenvalue weighted by molar-refractivity contribution is 0.0592. The minimum atomic E-state index is -0.512. The number of hydrogen-bond donors (Lipinski definition) is 0. The molecule has 8 nitrogen and oxygen atoms in total. The van der Waals surface area contributed by atoms with Crippen molar-refractivity contribution >= 4 is 11.9 Å².